The molecule has 44 heavy (non-hydrogen) atoms. The van der Waals surface area contributed by atoms with Crippen LogP contribution in [0.25, 0.3) is 33.4 Å². The maximum absolute atomic E-state index is 2.52. The number of allylic oxidation sites excluding steroid dienone is 4. The zero-order valence-corrected chi connectivity index (χ0v) is 30.0. The molecule has 0 aromatic heterocycles. The van der Waals surface area contributed by atoms with Crippen LogP contribution in [0.3, 0.4) is 0 Å². The van der Waals surface area contributed by atoms with E-state index in [1.54, 1.807) is 13.3 Å². The average Bonchev–Trinajstić information content (AvgIpc) is 3.70. The molecular weight excluding hydrogens is 611 g/mol. The van der Waals surface area contributed by atoms with Crippen LogP contribution >= 0.6 is 0 Å². The first-order chi connectivity index (χ1) is 20.3. The number of hydrogen-bond donors (Lipinski definition) is 0. The third-order valence-corrected chi connectivity index (χ3v) is 15.0. The van der Waals surface area contributed by atoms with E-state index in [0.717, 1.165) is 12.8 Å². The van der Waals surface area contributed by atoms with Gasteiger partial charge in [0.15, 0.2) is 0 Å². The quantitative estimate of drug-likeness (QED) is 0.254. The first kappa shape index (κ1) is 32.9. The van der Waals surface area contributed by atoms with Gasteiger partial charge < -0.3 is 24.8 Å². The molecule has 0 nitrogen and oxygen atoms in total. The molecule has 7 rings (SSSR count). The van der Waals surface area contributed by atoms with Gasteiger partial charge in [0.1, 0.15) is 0 Å². The second kappa shape index (κ2) is 13.1. The summed E-state index contributed by atoms with van der Waals surface area (Å²) in [4.78, 5) is 0. The number of benzene rings is 4. The zero-order valence-electron chi connectivity index (χ0n) is 26.9. The van der Waals surface area contributed by atoms with E-state index in [9.17, 15) is 0 Å². The first-order valence-corrected chi connectivity index (χ1v) is 18.2. The van der Waals surface area contributed by atoms with E-state index in [1.807, 2.05) is 3.81 Å². The fraction of sp³-hybridized carbons (Fsp3) is 0.293. The first-order valence-electron chi connectivity index (χ1n) is 15.8. The topological polar surface area (TPSA) is 0 Å². The molecule has 0 unspecified atom stereocenters. The molecule has 0 saturated heterocycles. The second-order valence-electron chi connectivity index (χ2n) is 13.1. The summed E-state index contributed by atoms with van der Waals surface area (Å²) in [6.45, 7) is 13.7. The van der Waals surface area contributed by atoms with E-state index < -0.39 is 17.4 Å². The van der Waals surface area contributed by atoms with Gasteiger partial charge in [-0.15, -0.1) is 0 Å². The van der Waals surface area contributed by atoms with Crippen LogP contribution in [0.1, 0.15) is 76.6 Å². The van der Waals surface area contributed by atoms with E-state index in [-0.39, 0.29) is 24.8 Å². The van der Waals surface area contributed by atoms with Crippen LogP contribution in [-0.2, 0) is 23.8 Å². The van der Waals surface area contributed by atoms with Crippen LogP contribution in [-0.4, -0.2) is 3.81 Å². The van der Waals surface area contributed by atoms with Gasteiger partial charge in [-0.05, 0) is 0 Å². The van der Waals surface area contributed by atoms with Gasteiger partial charge in [-0.3, -0.25) is 0 Å². The van der Waals surface area contributed by atoms with Crippen LogP contribution in [0.4, 0.5) is 0 Å². The monoisotopic (exact) mass is 652 g/mol. The predicted molar refractivity (Wildman–Crippen MR) is 179 cm³/mol. The van der Waals surface area contributed by atoms with E-state index in [4.69, 9.17) is 0 Å². The third-order valence-electron chi connectivity index (χ3n) is 9.89. The molecule has 1 saturated carbocycles. The van der Waals surface area contributed by atoms with E-state index in [1.165, 1.54) is 98.0 Å². The molecule has 3 aliphatic rings. The van der Waals surface area contributed by atoms with E-state index in [2.05, 4.69) is 114 Å². The van der Waals surface area contributed by atoms with Crippen LogP contribution < -0.4 is 28.7 Å². The number of aryl methyl sites for hydroxylation is 6. The van der Waals surface area contributed by atoms with Crippen molar-refractivity contribution < 1.29 is 42.2 Å². The predicted octanol–water partition coefficient (Wildman–Crippen LogP) is 4.28. The molecule has 3 aliphatic carbocycles. The molecule has 0 N–H and O–H groups in total. The molecule has 0 radical (unpaired) electrons. The van der Waals surface area contributed by atoms with Gasteiger partial charge >= 0.3 is 260 Å². The number of halogens is 2. The third kappa shape index (κ3) is 5.69. The average molecular weight is 654 g/mol. The molecule has 4 aromatic rings. The summed E-state index contributed by atoms with van der Waals surface area (Å²) in [5, 5.41) is 0. The van der Waals surface area contributed by atoms with Crippen LogP contribution in [0.15, 0.2) is 76.7 Å². The summed E-state index contributed by atoms with van der Waals surface area (Å²) in [5.41, 5.74) is 20.2. The summed E-state index contributed by atoms with van der Waals surface area (Å²) in [7, 11) is 0. The Hall–Kier alpha value is -2.48. The van der Waals surface area contributed by atoms with Gasteiger partial charge in [0.25, 0.3) is 0 Å². The zero-order chi connectivity index (χ0) is 29.1. The van der Waals surface area contributed by atoms with Crippen LogP contribution in [0.5, 0.6) is 0 Å². The second-order valence-corrected chi connectivity index (χ2v) is 17.2. The van der Waals surface area contributed by atoms with Crippen molar-refractivity contribution in [1.29, 1.82) is 0 Å². The van der Waals surface area contributed by atoms with Gasteiger partial charge in [-0.25, -0.2) is 0 Å². The van der Waals surface area contributed by atoms with Gasteiger partial charge in [0.2, 0.25) is 0 Å². The molecule has 224 valence electrons. The Labute approximate surface area is 282 Å². The molecule has 4 aromatic carbocycles. The largest absolute Gasteiger partial charge is 1.00 e. The van der Waals surface area contributed by atoms with Crippen molar-refractivity contribution in [3.63, 3.8) is 0 Å². The van der Waals surface area contributed by atoms with Crippen LogP contribution in [0, 0.1) is 41.5 Å². The summed E-state index contributed by atoms with van der Waals surface area (Å²) in [6, 6.07) is 21.8. The number of fused-ring (bicyclic) bond motifs is 3. The summed E-state index contributed by atoms with van der Waals surface area (Å²) >= 11 is -1.90. The Morgan fingerprint density at radius 2 is 1.18 bits per heavy atom. The molecular formula is C41H42Cl2Ti. The Kier molecular flexibility index (Phi) is 9.79. The minimum absolute atomic E-state index is 0. The maximum Gasteiger partial charge on any atom is -1.00 e. The van der Waals surface area contributed by atoms with Gasteiger partial charge in [0.05, 0.1) is 0 Å². The van der Waals surface area contributed by atoms with Crippen molar-refractivity contribution in [3.8, 4) is 33.4 Å². The van der Waals surface area contributed by atoms with E-state index in [0.29, 0.717) is 0 Å². The van der Waals surface area contributed by atoms with Crippen molar-refractivity contribution >= 4 is 7.68 Å². The standard InChI is InChI=1S/C31H29.C5H8.C5H5.2ClH.Ti/c1-18-11-20(3)30(21(4)12-18)24-7-9-28-26(15-24)17-27-16-25(8-10-29(27)28)31-22(5)13-19(2)14-23(31)6;2*1-2-4-5-3-1;;;/h7-15H,17H2,1-6H3;1-4H2;1-3H,4H2;2*1H;/q;;;;;+2/p-2. The molecule has 0 heterocycles. The minimum Gasteiger partial charge on any atom is -1.00 e. The Bertz CT molecular complexity index is 1830. The Morgan fingerprint density at radius 1 is 0.614 bits per heavy atom. The van der Waals surface area contributed by atoms with Crippen molar-refractivity contribution in [2.24, 2.45) is 0 Å². The van der Waals surface area contributed by atoms with Crippen molar-refractivity contribution in [2.45, 2.75) is 80.1 Å². The molecule has 0 spiro atoms. The molecule has 0 atom stereocenters. The van der Waals surface area contributed by atoms with Gasteiger partial charge in [0, 0.05) is 0 Å². The number of rotatable bonds is 4. The maximum atomic E-state index is 2.52. The SMILES string of the molecule is Cc1cc(C)c(-c2ccc3c(c2)Cc2c-3ccc(-c3c(C)cc(C)cc3C)[c]2[Ti+2]([C]2=CC=CC2)=[C]2CCCC2)c(C)c1.[Cl-].[Cl-]. The molecule has 0 bridgehead atoms. The van der Waals surface area contributed by atoms with Gasteiger partial charge in [-0.2, -0.15) is 0 Å². The smallest absolute Gasteiger partial charge is 1.00 e. The van der Waals surface area contributed by atoms with Crippen LogP contribution in [0.2, 0.25) is 0 Å². The summed E-state index contributed by atoms with van der Waals surface area (Å²) < 4.78 is 5.44. The van der Waals surface area contributed by atoms with Crippen molar-refractivity contribution in [2.75, 3.05) is 0 Å². The number of hydrogen-bond acceptors (Lipinski definition) is 0. The fourth-order valence-corrected chi connectivity index (χ4v) is 14.0. The molecule has 0 amide bonds. The molecule has 0 aliphatic heterocycles. The molecule has 1 fully saturated rings. The Balaban J connectivity index is 0.00000192. The summed E-state index contributed by atoms with van der Waals surface area (Å²) in [6.07, 6.45) is 14.9. The van der Waals surface area contributed by atoms with Crippen molar-refractivity contribution in [1.82, 2.24) is 0 Å². The fourth-order valence-electron chi connectivity index (χ4n) is 8.42. The molecule has 3 heteroatoms. The Morgan fingerprint density at radius 3 is 1.77 bits per heavy atom. The normalized spacial score (nSPS) is 14.4. The summed E-state index contributed by atoms with van der Waals surface area (Å²) in [5.74, 6) is 0. The van der Waals surface area contributed by atoms with Crippen molar-refractivity contribution in [3.05, 3.63) is 121 Å². The minimum atomic E-state index is -1.90. The van der Waals surface area contributed by atoms with E-state index >= 15 is 0 Å². The van der Waals surface area contributed by atoms with Gasteiger partial charge in [-0.1, -0.05) is 0 Å².